The van der Waals surface area contributed by atoms with Crippen molar-refractivity contribution in [1.82, 2.24) is 20.4 Å². The second-order valence-corrected chi connectivity index (χ2v) is 6.55. The van der Waals surface area contributed by atoms with E-state index >= 15 is 0 Å². The Morgan fingerprint density at radius 1 is 1.11 bits per heavy atom. The van der Waals surface area contributed by atoms with Crippen molar-refractivity contribution in [1.29, 1.82) is 0 Å². The maximum Gasteiger partial charge on any atom is 0.435 e. The fraction of sp³-hybridized carbons (Fsp3) is 0.474. The average molecular weight is 396 g/mol. The van der Waals surface area contributed by atoms with E-state index in [4.69, 9.17) is 4.74 Å². The minimum Gasteiger partial charge on any atom is -0.492 e. The van der Waals surface area contributed by atoms with Crippen molar-refractivity contribution in [3.63, 3.8) is 0 Å². The Morgan fingerprint density at radius 3 is 2.57 bits per heavy atom. The van der Waals surface area contributed by atoms with Crippen molar-refractivity contribution in [2.24, 2.45) is 0 Å². The van der Waals surface area contributed by atoms with E-state index in [0.29, 0.717) is 43.0 Å². The number of hydrogen-bond donors (Lipinski definition) is 2. The zero-order valence-corrected chi connectivity index (χ0v) is 15.4. The summed E-state index contributed by atoms with van der Waals surface area (Å²) < 4.78 is 46.4. The first-order valence-electron chi connectivity index (χ1n) is 9.30. The Balaban J connectivity index is 1.43. The summed E-state index contributed by atoms with van der Waals surface area (Å²) in [4.78, 5) is 11.8. The lowest BCUT2D eigenvalue weighted by atomic mass is 9.95. The number of halogens is 3. The van der Waals surface area contributed by atoms with Crippen LogP contribution in [0.3, 0.4) is 0 Å². The summed E-state index contributed by atoms with van der Waals surface area (Å²) in [6, 6.07) is 8.84. The molecule has 0 saturated carbocycles. The van der Waals surface area contributed by atoms with Crippen molar-refractivity contribution in [3.8, 4) is 5.75 Å². The molecule has 152 valence electrons. The van der Waals surface area contributed by atoms with Gasteiger partial charge in [0.15, 0.2) is 5.69 Å². The zero-order valence-electron chi connectivity index (χ0n) is 15.4. The molecule has 0 unspecified atom stereocenters. The van der Waals surface area contributed by atoms with Crippen LogP contribution in [0.1, 0.15) is 29.8 Å². The van der Waals surface area contributed by atoms with Crippen LogP contribution in [0.4, 0.5) is 18.0 Å². The van der Waals surface area contributed by atoms with Crippen molar-refractivity contribution < 1.29 is 22.7 Å². The van der Waals surface area contributed by atoms with Crippen LogP contribution in [0.25, 0.3) is 0 Å². The number of ether oxygens (including phenoxy) is 1. The Labute approximate surface area is 161 Å². The Bertz CT molecular complexity index is 790. The smallest absolute Gasteiger partial charge is 0.435 e. The molecule has 0 fully saturated rings. The van der Waals surface area contributed by atoms with Gasteiger partial charge in [0.05, 0.1) is 13.1 Å². The van der Waals surface area contributed by atoms with E-state index in [-0.39, 0.29) is 13.1 Å². The van der Waals surface area contributed by atoms with Gasteiger partial charge in [0, 0.05) is 17.8 Å². The van der Waals surface area contributed by atoms with Crippen molar-refractivity contribution >= 4 is 6.03 Å². The number of nitrogens with zero attached hydrogens (tertiary/aromatic N) is 2. The molecule has 1 aliphatic carbocycles. The van der Waals surface area contributed by atoms with E-state index in [1.807, 2.05) is 30.3 Å². The standard InChI is InChI=1S/C19H23F3N4O2/c20-19(21,22)17-15-8-4-5-9-16(15)26(25-17)12-10-23-18(27)24-11-13-28-14-6-2-1-3-7-14/h1-3,6-7H,4-5,8-13H2,(H2,23,24,27). The number of carbonyl (C=O) groups is 1. The highest BCUT2D eigenvalue weighted by Gasteiger charge is 2.39. The van der Waals surface area contributed by atoms with Crippen LogP contribution >= 0.6 is 0 Å². The Morgan fingerprint density at radius 2 is 1.82 bits per heavy atom. The van der Waals surface area contributed by atoms with Crippen molar-refractivity contribution in [2.75, 3.05) is 19.7 Å². The Hall–Kier alpha value is -2.71. The molecule has 0 bridgehead atoms. The molecule has 0 atom stereocenters. The quantitative estimate of drug-likeness (QED) is 0.707. The SMILES string of the molecule is O=C(NCCOc1ccccc1)NCCn1nc(C(F)(F)F)c2c1CCCC2. The summed E-state index contributed by atoms with van der Waals surface area (Å²) in [6.45, 7) is 1.03. The maximum atomic E-state index is 13.2. The van der Waals surface area contributed by atoms with Crippen LogP contribution < -0.4 is 15.4 Å². The third kappa shape index (κ3) is 5.17. The first-order chi connectivity index (χ1) is 13.4. The molecule has 1 aliphatic rings. The molecule has 2 amide bonds. The van der Waals surface area contributed by atoms with Gasteiger partial charge in [0.1, 0.15) is 12.4 Å². The molecular weight excluding hydrogens is 373 g/mol. The molecule has 6 nitrogen and oxygen atoms in total. The lowest BCUT2D eigenvalue weighted by molar-refractivity contribution is -0.142. The van der Waals surface area contributed by atoms with Gasteiger partial charge in [-0.2, -0.15) is 18.3 Å². The highest BCUT2D eigenvalue weighted by Crippen LogP contribution is 2.35. The number of benzene rings is 1. The van der Waals surface area contributed by atoms with Crippen LogP contribution in [0.5, 0.6) is 5.75 Å². The third-order valence-corrected chi connectivity index (χ3v) is 4.53. The maximum absolute atomic E-state index is 13.2. The molecular formula is C19H23F3N4O2. The zero-order chi connectivity index (χ0) is 20.0. The predicted molar refractivity (Wildman–Crippen MR) is 97.2 cm³/mol. The minimum atomic E-state index is -4.45. The van der Waals surface area contributed by atoms with Gasteiger partial charge in [-0.15, -0.1) is 0 Å². The van der Waals surface area contributed by atoms with E-state index < -0.39 is 17.9 Å². The third-order valence-electron chi connectivity index (χ3n) is 4.53. The number of amides is 2. The van der Waals surface area contributed by atoms with Gasteiger partial charge in [-0.25, -0.2) is 4.79 Å². The van der Waals surface area contributed by atoms with Crippen LogP contribution in [0.2, 0.25) is 0 Å². The number of carbonyl (C=O) groups excluding carboxylic acids is 1. The van der Waals surface area contributed by atoms with E-state index in [9.17, 15) is 18.0 Å². The number of hydrogen-bond acceptors (Lipinski definition) is 3. The number of nitrogens with one attached hydrogen (secondary N) is 2. The average Bonchev–Trinajstić information content (AvgIpc) is 3.05. The Kier molecular flexibility index (Phi) is 6.43. The summed E-state index contributed by atoms with van der Waals surface area (Å²) in [5, 5.41) is 9.05. The summed E-state index contributed by atoms with van der Waals surface area (Å²) in [5.74, 6) is 0.716. The van der Waals surface area contributed by atoms with Gasteiger partial charge >= 0.3 is 12.2 Å². The minimum absolute atomic E-state index is 0.191. The number of alkyl halides is 3. The largest absolute Gasteiger partial charge is 0.492 e. The normalized spacial score (nSPS) is 13.7. The molecule has 2 aromatic rings. The molecule has 1 aromatic carbocycles. The van der Waals surface area contributed by atoms with Crippen molar-refractivity contribution in [3.05, 3.63) is 47.3 Å². The predicted octanol–water partition coefficient (Wildman–Crippen LogP) is 3.16. The summed E-state index contributed by atoms with van der Waals surface area (Å²) >= 11 is 0. The highest BCUT2D eigenvalue weighted by atomic mass is 19.4. The summed E-state index contributed by atoms with van der Waals surface area (Å²) in [5.41, 5.74) is 0.156. The number of urea groups is 1. The van der Waals surface area contributed by atoms with Gasteiger partial charge in [0.2, 0.25) is 0 Å². The summed E-state index contributed by atoms with van der Waals surface area (Å²) in [7, 11) is 0. The molecule has 2 N–H and O–H groups in total. The van der Waals surface area contributed by atoms with Crippen LogP contribution in [0.15, 0.2) is 30.3 Å². The van der Waals surface area contributed by atoms with E-state index in [1.165, 1.54) is 4.68 Å². The number of aromatic nitrogens is 2. The second-order valence-electron chi connectivity index (χ2n) is 6.55. The molecule has 28 heavy (non-hydrogen) atoms. The first kappa shape index (κ1) is 20.0. The molecule has 1 aromatic heterocycles. The van der Waals surface area contributed by atoms with E-state index in [0.717, 1.165) is 12.8 Å². The molecule has 1 heterocycles. The van der Waals surface area contributed by atoms with Gasteiger partial charge in [0.25, 0.3) is 0 Å². The summed E-state index contributed by atoms with van der Waals surface area (Å²) in [6.07, 6.45) is -1.87. The number of para-hydroxylation sites is 1. The number of rotatable bonds is 7. The first-order valence-corrected chi connectivity index (χ1v) is 9.30. The fourth-order valence-electron chi connectivity index (χ4n) is 3.27. The lowest BCUT2D eigenvalue weighted by Gasteiger charge is -2.15. The molecule has 9 heteroatoms. The monoisotopic (exact) mass is 396 g/mol. The number of fused-ring (bicyclic) bond motifs is 1. The fourth-order valence-corrected chi connectivity index (χ4v) is 3.27. The molecule has 0 spiro atoms. The molecule has 0 saturated heterocycles. The van der Waals surface area contributed by atoms with Crippen LogP contribution in [0, 0.1) is 0 Å². The topological polar surface area (TPSA) is 68.2 Å². The highest BCUT2D eigenvalue weighted by molar-refractivity contribution is 5.73. The second kappa shape index (κ2) is 8.99. The van der Waals surface area contributed by atoms with Crippen molar-refractivity contribution in [2.45, 2.75) is 38.4 Å². The lowest BCUT2D eigenvalue weighted by Crippen LogP contribution is -2.39. The molecule has 0 aliphatic heterocycles. The van der Waals surface area contributed by atoms with Gasteiger partial charge in [-0.1, -0.05) is 18.2 Å². The van der Waals surface area contributed by atoms with Crippen LogP contribution in [-0.4, -0.2) is 35.5 Å². The van der Waals surface area contributed by atoms with E-state index in [1.54, 1.807) is 0 Å². The van der Waals surface area contributed by atoms with E-state index in [2.05, 4.69) is 15.7 Å². The van der Waals surface area contributed by atoms with Gasteiger partial charge in [-0.3, -0.25) is 4.68 Å². The molecule has 3 rings (SSSR count). The van der Waals surface area contributed by atoms with Gasteiger partial charge < -0.3 is 15.4 Å². The molecule has 0 radical (unpaired) electrons. The van der Waals surface area contributed by atoms with Crippen LogP contribution in [-0.2, 0) is 25.6 Å². The van der Waals surface area contributed by atoms with Gasteiger partial charge in [-0.05, 0) is 37.8 Å².